The second-order valence-electron chi connectivity index (χ2n) is 8.05. The van der Waals surface area contributed by atoms with E-state index < -0.39 is 0 Å². The van der Waals surface area contributed by atoms with Crippen LogP contribution < -0.4 is 0 Å². The number of hydrogen-bond donors (Lipinski definition) is 1. The molecule has 0 amide bonds. The summed E-state index contributed by atoms with van der Waals surface area (Å²) in [7, 11) is 3.34. The molecule has 0 spiro atoms. The minimum Gasteiger partial charge on any atom is -0.494 e. The molecule has 4 heteroatoms. The predicted octanol–water partition coefficient (Wildman–Crippen LogP) is 6.43. The van der Waals surface area contributed by atoms with E-state index in [1.165, 1.54) is 51.4 Å². The number of allylic oxidation sites excluding steroid dienone is 2. The molecule has 29 heavy (non-hydrogen) atoms. The van der Waals surface area contributed by atoms with E-state index in [-0.39, 0.29) is 12.2 Å². The molecule has 4 nitrogen and oxygen atoms in total. The number of hydrogen-bond acceptors (Lipinski definition) is 4. The first kappa shape index (κ1) is 28.2. The molecule has 0 rings (SSSR count). The topological polar surface area (TPSA) is 47.9 Å². The molecule has 0 aliphatic heterocycles. The Bertz CT molecular complexity index is 375. The minimum atomic E-state index is -0.202. The molecular weight excluding hydrogens is 364 g/mol. The van der Waals surface area contributed by atoms with Crippen LogP contribution in [-0.4, -0.2) is 44.7 Å². The van der Waals surface area contributed by atoms with Crippen molar-refractivity contribution in [2.24, 2.45) is 5.92 Å². The van der Waals surface area contributed by atoms with Gasteiger partial charge in [-0.3, -0.25) is 0 Å². The normalized spacial score (nSPS) is 14.3. The van der Waals surface area contributed by atoms with Gasteiger partial charge in [-0.05, 0) is 37.7 Å². The van der Waals surface area contributed by atoms with Crippen LogP contribution in [0.5, 0.6) is 0 Å². The van der Waals surface area contributed by atoms with Crippen LogP contribution in [0.15, 0.2) is 24.5 Å². The Hall–Kier alpha value is -0.840. The zero-order chi connectivity index (χ0) is 21.6. The molecule has 2 atom stereocenters. The average molecular weight is 413 g/mol. The summed E-state index contributed by atoms with van der Waals surface area (Å²) in [5.74, 6) is 0.502. The summed E-state index contributed by atoms with van der Waals surface area (Å²) in [6.45, 7) is 5.51. The lowest BCUT2D eigenvalue weighted by molar-refractivity contribution is 0.000189. The summed E-state index contributed by atoms with van der Waals surface area (Å²) in [6, 6.07) is 0. The molecule has 172 valence electrons. The van der Waals surface area contributed by atoms with Crippen LogP contribution in [0.3, 0.4) is 0 Å². The van der Waals surface area contributed by atoms with Gasteiger partial charge in [-0.1, -0.05) is 77.4 Å². The SMILES string of the molecule is CCCCCCC(O)CC=CC(CC=COC(COC)COC)CCCCCC. The number of aliphatic hydroxyl groups excluding tert-OH is 1. The first-order chi connectivity index (χ1) is 14.2. The third kappa shape index (κ3) is 18.9. The first-order valence-corrected chi connectivity index (χ1v) is 11.8. The van der Waals surface area contributed by atoms with E-state index in [0.717, 1.165) is 25.7 Å². The molecule has 0 aromatic rings. The van der Waals surface area contributed by atoms with Gasteiger partial charge in [-0.15, -0.1) is 0 Å². The van der Waals surface area contributed by atoms with Gasteiger partial charge in [0.05, 0.1) is 25.6 Å². The second kappa shape index (κ2) is 21.9. The smallest absolute Gasteiger partial charge is 0.144 e. The van der Waals surface area contributed by atoms with Crippen molar-refractivity contribution in [1.29, 1.82) is 0 Å². The van der Waals surface area contributed by atoms with Crippen LogP contribution >= 0.6 is 0 Å². The van der Waals surface area contributed by atoms with Crippen molar-refractivity contribution in [3.63, 3.8) is 0 Å². The van der Waals surface area contributed by atoms with Crippen LogP contribution in [0, 0.1) is 5.92 Å². The number of methoxy groups -OCH3 is 2. The molecule has 0 aliphatic rings. The van der Waals surface area contributed by atoms with E-state index in [0.29, 0.717) is 19.1 Å². The zero-order valence-electron chi connectivity index (χ0n) is 19.6. The van der Waals surface area contributed by atoms with E-state index in [1.54, 1.807) is 20.5 Å². The summed E-state index contributed by atoms with van der Waals surface area (Å²) >= 11 is 0. The number of ether oxygens (including phenoxy) is 3. The van der Waals surface area contributed by atoms with Crippen LogP contribution in [0.1, 0.15) is 90.9 Å². The lowest BCUT2D eigenvalue weighted by Crippen LogP contribution is -2.22. The van der Waals surface area contributed by atoms with Crippen molar-refractivity contribution < 1.29 is 19.3 Å². The molecule has 0 saturated heterocycles. The summed E-state index contributed by atoms with van der Waals surface area (Å²) < 4.78 is 16.0. The highest BCUT2D eigenvalue weighted by Crippen LogP contribution is 2.18. The fraction of sp³-hybridized carbons (Fsp3) is 0.840. The van der Waals surface area contributed by atoms with Gasteiger partial charge in [0.25, 0.3) is 0 Å². The molecule has 0 fully saturated rings. The Kier molecular flexibility index (Phi) is 21.2. The Labute approximate surface area is 180 Å². The van der Waals surface area contributed by atoms with E-state index >= 15 is 0 Å². The van der Waals surface area contributed by atoms with E-state index in [2.05, 4.69) is 32.1 Å². The van der Waals surface area contributed by atoms with E-state index in [9.17, 15) is 5.11 Å². The van der Waals surface area contributed by atoms with Gasteiger partial charge in [0.15, 0.2) is 0 Å². The van der Waals surface area contributed by atoms with Gasteiger partial charge in [-0.2, -0.15) is 0 Å². The Morgan fingerprint density at radius 2 is 1.38 bits per heavy atom. The lowest BCUT2D eigenvalue weighted by Gasteiger charge is -2.15. The fourth-order valence-corrected chi connectivity index (χ4v) is 3.37. The van der Waals surface area contributed by atoms with Crippen molar-refractivity contribution in [3.8, 4) is 0 Å². The van der Waals surface area contributed by atoms with Crippen LogP contribution in [0.4, 0.5) is 0 Å². The molecule has 0 aliphatic carbocycles. The molecule has 0 heterocycles. The summed E-state index contributed by atoms with van der Waals surface area (Å²) in [5.41, 5.74) is 0. The molecular formula is C25H48O4. The first-order valence-electron chi connectivity index (χ1n) is 11.8. The van der Waals surface area contributed by atoms with Crippen LogP contribution in [0.25, 0.3) is 0 Å². The molecule has 2 unspecified atom stereocenters. The quantitative estimate of drug-likeness (QED) is 0.134. The van der Waals surface area contributed by atoms with Crippen molar-refractivity contribution >= 4 is 0 Å². The molecule has 1 N–H and O–H groups in total. The van der Waals surface area contributed by atoms with Gasteiger partial charge in [0.2, 0.25) is 0 Å². The molecule has 0 saturated carbocycles. The van der Waals surface area contributed by atoms with Gasteiger partial charge in [-0.25, -0.2) is 0 Å². The number of aliphatic hydroxyl groups is 1. The third-order valence-corrected chi connectivity index (χ3v) is 5.15. The Balaban J connectivity index is 4.38. The predicted molar refractivity (Wildman–Crippen MR) is 123 cm³/mol. The van der Waals surface area contributed by atoms with Gasteiger partial charge in [0, 0.05) is 14.2 Å². The standard InChI is InChI=1S/C25H48O4/c1-5-7-9-11-15-23(16-13-19-24(26)18-12-10-8-6-2)17-14-20-29-25(21-27-3)22-28-4/h13-14,16,20,23-26H,5-12,15,17-19,21-22H2,1-4H3. The number of unbranched alkanes of at least 4 members (excludes halogenated alkanes) is 6. The van der Waals surface area contributed by atoms with Crippen molar-refractivity contribution in [2.45, 2.75) is 103 Å². The van der Waals surface area contributed by atoms with Gasteiger partial charge in [0.1, 0.15) is 6.10 Å². The van der Waals surface area contributed by atoms with E-state index in [4.69, 9.17) is 14.2 Å². The maximum Gasteiger partial charge on any atom is 0.144 e. The zero-order valence-corrected chi connectivity index (χ0v) is 19.6. The maximum absolute atomic E-state index is 10.2. The Morgan fingerprint density at radius 1 is 0.759 bits per heavy atom. The molecule has 0 aromatic heterocycles. The lowest BCUT2D eigenvalue weighted by atomic mass is 9.96. The molecule has 0 radical (unpaired) electrons. The largest absolute Gasteiger partial charge is 0.494 e. The Morgan fingerprint density at radius 3 is 1.97 bits per heavy atom. The second-order valence-corrected chi connectivity index (χ2v) is 8.05. The highest BCUT2D eigenvalue weighted by molar-refractivity contribution is 4.93. The fourth-order valence-electron chi connectivity index (χ4n) is 3.37. The number of rotatable bonds is 21. The average Bonchev–Trinajstić information content (AvgIpc) is 2.71. The van der Waals surface area contributed by atoms with Gasteiger partial charge >= 0.3 is 0 Å². The summed E-state index contributed by atoms with van der Waals surface area (Å²) in [6.07, 6.45) is 21.9. The highest BCUT2D eigenvalue weighted by Gasteiger charge is 2.08. The van der Waals surface area contributed by atoms with Crippen LogP contribution in [-0.2, 0) is 14.2 Å². The molecule has 0 bridgehead atoms. The van der Waals surface area contributed by atoms with Crippen molar-refractivity contribution in [2.75, 3.05) is 27.4 Å². The third-order valence-electron chi connectivity index (χ3n) is 5.15. The molecule has 0 aromatic carbocycles. The minimum absolute atomic E-state index is 0.0670. The van der Waals surface area contributed by atoms with Crippen molar-refractivity contribution in [1.82, 2.24) is 0 Å². The summed E-state index contributed by atoms with van der Waals surface area (Å²) in [4.78, 5) is 0. The highest BCUT2D eigenvalue weighted by atomic mass is 16.5. The maximum atomic E-state index is 10.2. The monoisotopic (exact) mass is 412 g/mol. The van der Waals surface area contributed by atoms with E-state index in [1.807, 2.05) is 0 Å². The van der Waals surface area contributed by atoms with Crippen molar-refractivity contribution in [3.05, 3.63) is 24.5 Å². The van der Waals surface area contributed by atoms with Crippen LogP contribution in [0.2, 0.25) is 0 Å². The van der Waals surface area contributed by atoms with Gasteiger partial charge < -0.3 is 19.3 Å². The summed E-state index contributed by atoms with van der Waals surface area (Å²) in [5, 5.41) is 10.2.